The van der Waals surface area contributed by atoms with E-state index in [-0.39, 0.29) is 17.1 Å². The van der Waals surface area contributed by atoms with Gasteiger partial charge in [-0.15, -0.1) is 0 Å². The van der Waals surface area contributed by atoms with Crippen LogP contribution in [0, 0.1) is 0 Å². The van der Waals surface area contributed by atoms with Gasteiger partial charge in [0.15, 0.2) is 0 Å². The number of ketones is 1. The topological polar surface area (TPSA) is 50.3 Å². The Balaban J connectivity index is 2.18. The van der Waals surface area contributed by atoms with E-state index in [0.717, 1.165) is 5.69 Å². The van der Waals surface area contributed by atoms with E-state index in [1.165, 1.54) is 0 Å². The Morgan fingerprint density at radius 3 is 2.47 bits per heavy atom. The first-order chi connectivity index (χ1) is 8.88. The molecule has 1 aromatic rings. The summed E-state index contributed by atoms with van der Waals surface area (Å²) >= 11 is 0. The van der Waals surface area contributed by atoms with Crippen molar-refractivity contribution in [1.82, 2.24) is 9.88 Å². The number of hydrogen-bond donors (Lipinski definition) is 0. The summed E-state index contributed by atoms with van der Waals surface area (Å²) in [5.74, 6) is 0.245. The average Bonchev–Trinajstić information content (AvgIpc) is 2.38. The summed E-state index contributed by atoms with van der Waals surface area (Å²) in [6, 6.07) is 3.60. The second-order valence-corrected chi connectivity index (χ2v) is 6.01. The van der Waals surface area contributed by atoms with Crippen molar-refractivity contribution in [2.45, 2.75) is 39.0 Å². The van der Waals surface area contributed by atoms with Gasteiger partial charge in [0.25, 0.3) is 5.91 Å². The van der Waals surface area contributed by atoms with Gasteiger partial charge in [0.1, 0.15) is 5.78 Å². The molecule has 0 N–H and O–H groups in total. The van der Waals surface area contributed by atoms with Crippen LogP contribution in [0.2, 0.25) is 0 Å². The number of aromatic nitrogens is 1. The number of likely N-dealkylation sites (tertiary alicyclic amines) is 1. The molecule has 0 bridgehead atoms. The number of carbonyl (C=O) groups is 2. The molecule has 4 nitrogen and oxygen atoms in total. The summed E-state index contributed by atoms with van der Waals surface area (Å²) in [5.41, 5.74) is 1.49. The number of amides is 1. The molecule has 1 aliphatic rings. The van der Waals surface area contributed by atoms with Crippen LogP contribution in [0.25, 0.3) is 0 Å². The van der Waals surface area contributed by atoms with Crippen molar-refractivity contribution in [2.24, 2.45) is 0 Å². The van der Waals surface area contributed by atoms with Gasteiger partial charge in [-0.05, 0) is 12.1 Å². The van der Waals surface area contributed by atoms with Gasteiger partial charge in [-0.3, -0.25) is 14.6 Å². The van der Waals surface area contributed by atoms with Crippen molar-refractivity contribution < 1.29 is 9.59 Å². The zero-order valence-electron chi connectivity index (χ0n) is 11.8. The second-order valence-electron chi connectivity index (χ2n) is 6.01. The van der Waals surface area contributed by atoms with Gasteiger partial charge in [0.2, 0.25) is 0 Å². The van der Waals surface area contributed by atoms with Crippen LogP contribution in [0.5, 0.6) is 0 Å². The predicted molar refractivity (Wildman–Crippen MR) is 73.1 cm³/mol. The molecule has 0 radical (unpaired) electrons. The first-order valence-corrected chi connectivity index (χ1v) is 6.65. The number of pyridine rings is 1. The summed E-state index contributed by atoms with van der Waals surface area (Å²) in [6.45, 7) is 7.28. The summed E-state index contributed by atoms with van der Waals surface area (Å²) < 4.78 is 0. The van der Waals surface area contributed by atoms with Crippen LogP contribution < -0.4 is 0 Å². The molecule has 1 aliphatic heterocycles. The normalized spacial score (nSPS) is 16.6. The minimum Gasteiger partial charge on any atom is -0.338 e. The molecule has 0 atom stereocenters. The number of carbonyl (C=O) groups excluding carboxylic acids is 2. The highest BCUT2D eigenvalue weighted by Gasteiger charge is 2.23. The molecule has 1 fully saturated rings. The van der Waals surface area contributed by atoms with E-state index < -0.39 is 0 Å². The fourth-order valence-corrected chi connectivity index (χ4v) is 2.12. The fraction of sp³-hybridized carbons (Fsp3) is 0.533. The molecule has 1 amide bonds. The molecule has 19 heavy (non-hydrogen) atoms. The maximum atomic E-state index is 12.4. The molecular formula is C15H20N2O2. The van der Waals surface area contributed by atoms with Crippen molar-refractivity contribution in [3.63, 3.8) is 0 Å². The van der Waals surface area contributed by atoms with Crippen LogP contribution in [-0.4, -0.2) is 34.7 Å². The Kier molecular flexibility index (Phi) is 3.69. The Hall–Kier alpha value is -1.71. The second kappa shape index (κ2) is 5.11. The molecule has 2 heterocycles. The Morgan fingerprint density at radius 2 is 1.89 bits per heavy atom. The zero-order chi connectivity index (χ0) is 14.0. The number of piperidine rings is 1. The van der Waals surface area contributed by atoms with Crippen LogP contribution in [0.4, 0.5) is 0 Å². The molecule has 0 aliphatic carbocycles. The van der Waals surface area contributed by atoms with Gasteiger partial charge in [0, 0.05) is 48.8 Å². The minimum atomic E-state index is -0.0752. The maximum Gasteiger partial charge on any atom is 0.253 e. The van der Waals surface area contributed by atoms with E-state index >= 15 is 0 Å². The third-order valence-electron chi connectivity index (χ3n) is 3.38. The Labute approximate surface area is 113 Å². The largest absolute Gasteiger partial charge is 0.338 e. The first kappa shape index (κ1) is 13.7. The Bertz CT molecular complexity index is 493. The average molecular weight is 260 g/mol. The van der Waals surface area contributed by atoms with Gasteiger partial charge in [-0.1, -0.05) is 20.8 Å². The number of Topliss-reactive ketones (excluding diaryl/α,β-unsaturated/α-hetero) is 1. The maximum absolute atomic E-state index is 12.4. The molecule has 4 heteroatoms. The lowest BCUT2D eigenvalue weighted by molar-refractivity contribution is -0.120. The molecule has 0 saturated carbocycles. The van der Waals surface area contributed by atoms with Crippen LogP contribution in [0.3, 0.4) is 0 Å². The minimum absolute atomic E-state index is 0.000370. The molecule has 102 valence electrons. The summed E-state index contributed by atoms with van der Waals surface area (Å²) in [4.78, 5) is 29.7. The summed E-state index contributed by atoms with van der Waals surface area (Å²) in [7, 11) is 0. The third-order valence-corrected chi connectivity index (χ3v) is 3.38. The highest BCUT2D eigenvalue weighted by Crippen LogP contribution is 2.21. The van der Waals surface area contributed by atoms with Crippen molar-refractivity contribution in [3.8, 4) is 0 Å². The van der Waals surface area contributed by atoms with E-state index in [0.29, 0.717) is 31.5 Å². The van der Waals surface area contributed by atoms with Crippen molar-refractivity contribution >= 4 is 11.7 Å². The zero-order valence-corrected chi connectivity index (χ0v) is 11.8. The molecule has 1 aromatic heterocycles. The lowest BCUT2D eigenvalue weighted by Gasteiger charge is -2.26. The summed E-state index contributed by atoms with van der Waals surface area (Å²) in [6.07, 6.45) is 2.63. The predicted octanol–water partition coefficient (Wildman–Crippen LogP) is 2.18. The molecular weight excluding hydrogens is 240 g/mol. The number of nitrogens with zero attached hydrogens (tertiary/aromatic N) is 2. The van der Waals surface area contributed by atoms with E-state index in [4.69, 9.17) is 0 Å². The third kappa shape index (κ3) is 3.19. The van der Waals surface area contributed by atoms with Crippen molar-refractivity contribution in [2.75, 3.05) is 13.1 Å². The molecule has 2 rings (SSSR count). The molecule has 0 aromatic carbocycles. The SMILES string of the molecule is CC(C)(C)c1cc(C(=O)N2CCC(=O)CC2)ccn1. The molecule has 0 unspecified atom stereocenters. The standard InChI is InChI=1S/C15H20N2O2/c1-15(2,3)13-10-11(4-7-16-13)14(19)17-8-5-12(18)6-9-17/h4,7,10H,5-6,8-9H2,1-3H3. The van der Waals surface area contributed by atoms with Crippen LogP contribution in [-0.2, 0) is 10.2 Å². The smallest absolute Gasteiger partial charge is 0.253 e. The van der Waals surface area contributed by atoms with Crippen molar-refractivity contribution in [1.29, 1.82) is 0 Å². The number of hydrogen-bond acceptors (Lipinski definition) is 3. The van der Waals surface area contributed by atoms with Gasteiger partial charge in [-0.2, -0.15) is 0 Å². The quantitative estimate of drug-likeness (QED) is 0.777. The van der Waals surface area contributed by atoms with E-state index in [1.54, 1.807) is 17.2 Å². The van der Waals surface area contributed by atoms with Gasteiger partial charge < -0.3 is 4.90 Å². The lowest BCUT2D eigenvalue weighted by Crippen LogP contribution is -2.38. The molecule has 0 spiro atoms. The van der Waals surface area contributed by atoms with Crippen LogP contribution in [0.1, 0.15) is 49.7 Å². The highest BCUT2D eigenvalue weighted by molar-refractivity contribution is 5.95. The van der Waals surface area contributed by atoms with E-state index in [9.17, 15) is 9.59 Å². The highest BCUT2D eigenvalue weighted by atomic mass is 16.2. The number of rotatable bonds is 1. The Morgan fingerprint density at radius 1 is 1.26 bits per heavy atom. The van der Waals surface area contributed by atoms with E-state index in [1.807, 2.05) is 6.07 Å². The van der Waals surface area contributed by atoms with Crippen molar-refractivity contribution in [3.05, 3.63) is 29.6 Å². The van der Waals surface area contributed by atoms with Crippen LogP contribution >= 0.6 is 0 Å². The molecule has 1 saturated heterocycles. The van der Waals surface area contributed by atoms with E-state index in [2.05, 4.69) is 25.8 Å². The first-order valence-electron chi connectivity index (χ1n) is 6.65. The summed E-state index contributed by atoms with van der Waals surface area (Å²) in [5, 5.41) is 0. The van der Waals surface area contributed by atoms with Gasteiger partial charge >= 0.3 is 0 Å². The van der Waals surface area contributed by atoms with Gasteiger partial charge in [0.05, 0.1) is 0 Å². The van der Waals surface area contributed by atoms with Gasteiger partial charge in [-0.25, -0.2) is 0 Å². The fourth-order valence-electron chi connectivity index (χ4n) is 2.12. The van der Waals surface area contributed by atoms with Crippen LogP contribution in [0.15, 0.2) is 18.3 Å². The lowest BCUT2D eigenvalue weighted by atomic mass is 9.90. The monoisotopic (exact) mass is 260 g/mol.